The molecule has 5 N–H and O–H groups in total. The number of hydrogen-bond acceptors (Lipinski definition) is 8. The number of nitrogens with one attached hydrogen (secondary N) is 1. The van der Waals surface area contributed by atoms with Gasteiger partial charge in [-0.3, -0.25) is 19.3 Å². The quantitative estimate of drug-likeness (QED) is 0.178. The van der Waals surface area contributed by atoms with Crippen LogP contribution in [0.1, 0.15) is 41.3 Å². The molecular formula is C24H31N7O7S. The Balaban J connectivity index is 1.53. The lowest BCUT2D eigenvalue weighted by atomic mass is 10.2. The van der Waals surface area contributed by atoms with Crippen LogP contribution in [0.25, 0.3) is 0 Å². The van der Waals surface area contributed by atoms with Gasteiger partial charge < -0.3 is 24.7 Å². The number of hydrogen-bond donors (Lipinski definition) is 4. The maximum absolute atomic E-state index is 12.3. The first-order valence-corrected chi connectivity index (χ1v) is 13.6. The summed E-state index contributed by atoms with van der Waals surface area (Å²) in [7, 11) is -3.83. The Hall–Kier alpha value is -4.08. The molecule has 3 rings (SSSR count). The van der Waals surface area contributed by atoms with Gasteiger partial charge in [-0.05, 0) is 43.7 Å². The van der Waals surface area contributed by atoms with Gasteiger partial charge in [-0.25, -0.2) is 23.5 Å². The largest absolute Gasteiger partial charge is 0.480 e. The molecule has 0 aliphatic rings. The second kappa shape index (κ2) is 13.6. The van der Waals surface area contributed by atoms with E-state index >= 15 is 0 Å². The van der Waals surface area contributed by atoms with Gasteiger partial charge in [-0.1, -0.05) is 6.42 Å². The molecule has 2 heterocycles. The fraction of sp³-hybridized carbons (Fsp3) is 0.375. The number of carbonyl (C=O) groups is 3. The third kappa shape index (κ3) is 9.31. The molecular weight excluding hydrogens is 530 g/mol. The highest BCUT2D eigenvalue weighted by Gasteiger charge is 2.16. The zero-order valence-electron chi connectivity index (χ0n) is 21.1. The van der Waals surface area contributed by atoms with Gasteiger partial charge in [0.1, 0.15) is 24.7 Å². The number of aromatic nitrogens is 4. The molecule has 0 aliphatic carbocycles. The monoisotopic (exact) mass is 561 g/mol. The lowest BCUT2D eigenvalue weighted by Gasteiger charge is -2.22. The molecule has 0 fully saturated rings. The summed E-state index contributed by atoms with van der Waals surface area (Å²) in [6.45, 7) is 1.25. The number of imidazole rings is 2. The SMILES string of the molecule is NS(=O)(=O)c1ccc(C(=O)NCCCCCN(Cc2nccn2CC(=O)O)Cc2nccn2CC(=O)O)cc1. The predicted octanol–water partition coefficient (Wildman–Crippen LogP) is 0.499. The van der Waals surface area contributed by atoms with Crippen molar-refractivity contribution in [2.24, 2.45) is 5.14 Å². The van der Waals surface area contributed by atoms with Crippen molar-refractivity contribution < 1.29 is 33.0 Å². The topological polar surface area (TPSA) is 203 Å². The van der Waals surface area contributed by atoms with E-state index in [9.17, 15) is 22.8 Å². The molecule has 0 spiro atoms. The first-order valence-electron chi connectivity index (χ1n) is 12.1. The van der Waals surface area contributed by atoms with E-state index in [2.05, 4.69) is 15.3 Å². The molecule has 1 aromatic carbocycles. The van der Waals surface area contributed by atoms with Crippen molar-refractivity contribution >= 4 is 27.9 Å². The maximum atomic E-state index is 12.3. The van der Waals surface area contributed by atoms with E-state index in [-0.39, 0.29) is 23.9 Å². The van der Waals surface area contributed by atoms with Gasteiger partial charge in [0, 0.05) is 36.9 Å². The van der Waals surface area contributed by atoms with Crippen LogP contribution in [0.2, 0.25) is 0 Å². The first kappa shape index (κ1) is 29.5. The third-order valence-electron chi connectivity index (χ3n) is 5.83. The van der Waals surface area contributed by atoms with Gasteiger partial charge in [0.2, 0.25) is 10.0 Å². The third-order valence-corrected chi connectivity index (χ3v) is 6.76. The molecule has 0 bridgehead atoms. The number of carboxylic acid groups (broad SMARTS) is 2. The van der Waals surface area contributed by atoms with Gasteiger partial charge in [0.15, 0.2) is 0 Å². The highest BCUT2D eigenvalue weighted by atomic mass is 32.2. The van der Waals surface area contributed by atoms with Crippen molar-refractivity contribution in [3.63, 3.8) is 0 Å². The van der Waals surface area contributed by atoms with Crippen LogP contribution in [0.15, 0.2) is 53.9 Å². The molecule has 210 valence electrons. The molecule has 0 radical (unpaired) electrons. The molecule has 3 aromatic rings. The number of benzene rings is 1. The summed E-state index contributed by atoms with van der Waals surface area (Å²) in [6.07, 6.45) is 8.47. The van der Waals surface area contributed by atoms with Crippen LogP contribution in [0.3, 0.4) is 0 Å². The van der Waals surface area contributed by atoms with Crippen molar-refractivity contribution in [3.05, 3.63) is 66.3 Å². The Morgan fingerprint density at radius 3 is 1.90 bits per heavy atom. The van der Waals surface area contributed by atoms with Gasteiger partial charge in [0.05, 0.1) is 18.0 Å². The van der Waals surface area contributed by atoms with Crippen molar-refractivity contribution in [2.75, 3.05) is 13.1 Å². The minimum Gasteiger partial charge on any atom is -0.480 e. The smallest absolute Gasteiger partial charge is 0.323 e. The normalized spacial score (nSPS) is 11.5. The molecule has 0 saturated heterocycles. The van der Waals surface area contributed by atoms with E-state index in [1.165, 1.54) is 36.7 Å². The maximum Gasteiger partial charge on any atom is 0.323 e. The molecule has 0 unspecified atom stereocenters. The molecule has 0 aliphatic heterocycles. The van der Waals surface area contributed by atoms with E-state index in [0.717, 1.165) is 12.8 Å². The zero-order valence-corrected chi connectivity index (χ0v) is 22.0. The van der Waals surface area contributed by atoms with Crippen LogP contribution < -0.4 is 10.5 Å². The number of unbranched alkanes of at least 4 members (excludes halogenated alkanes) is 2. The lowest BCUT2D eigenvalue weighted by Crippen LogP contribution is -2.29. The average Bonchev–Trinajstić information content (AvgIpc) is 3.48. The van der Waals surface area contributed by atoms with E-state index < -0.39 is 22.0 Å². The van der Waals surface area contributed by atoms with Crippen LogP contribution in [-0.2, 0) is 45.8 Å². The highest BCUT2D eigenvalue weighted by Crippen LogP contribution is 2.12. The number of sulfonamides is 1. The Labute approximate surface area is 225 Å². The Bertz CT molecular complexity index is 1330. The van der Waals surface area contributed by atoms with E-state index in [1.54, 1.807) is 21.5 Å². The van der Waals surface area contributed by atoms with Gasteiger partial charge in [0.25, 0.3) is 5.91 Å². The van der Waals surface area contributed by atoms with E-state index in [0.29, 0.717) is 49.8 Å². The Kier molecular flexibility index (Phi) is 10.3. The Morgan fingerprint density at radius 2 is 1.41 bits per heavy atom. The zero-order chi connectivity index (χ0) is 28.4. The van der Waals surface area contributed by atoms with E-state index in [4.69, 9.17) is 15.4 Å². The van der Waals surface area contributed by atoms with Crippen molar-refractivity contribution in [1.29, 1.82) is 0 Å². The number of rotatable bonds is 16. The van der Waals surface area contributed by atoms with Gasteiger partial charge >= 0.3 is 11.9 Å². The lowest BCUT2D eigenvalue weighted by molar-refractivity contribution is -0.138. The molecule has 15 heteroatoms. The van der Waals surface area contributed by atoms with Crippen LogP contribution in [-0.4, -0.2) is 73.6 Å². The summed E-state index contributed by atoms with van der Waals surface area (Å²) in [4.78, 5) is 45.2. The summed E-state index contributed by atoms with van der Waals surface area (Å²) >= 11 is 0. The van der Waals surface area contributed by atoms with E-state index in [1.807, 2.05) is 4.90 Å². The molecule has 1 amide bonds. The molecule has 2 aromatic heterocycles. The number of aliphatic carboxylic acids is 2. The predicted molar refractivity (Wildman–Crippen MR) is 138 cm³/mol. The minimum absolute atomic E-state index is 0.0699. The van der Waals surface area contributed by atoms with Crippen LogP contribution >= 0.6 is 0 Å². The average molecular weight is 562 g/mol. The Morgan fingerprint density at radius 1 is 0.872 bits per heavy atom. The van der Waals surface area contributed by atoms with Crippen LogP contribution in [0.4, 0.5) is 0 Å². The van der Waals surface area contributed by atoms with Crippen LogP contribution in [0, 0.1) is 0 Å². The molecule has 0 saturated carbocycles. The fourth-order valence-electron chi connectivity index (χ4n) is 3.91. The molecule has 0 atom stereocenters. The minimum atomic E-state index is -3.83. The fourth-order valence-corrected chi connectivity index (χ4v) is 4.43. The summed E-state index contributed by atoms with van der Waals surface area (Å²) < 4.78 is 25.8. The number of carboxylic acids is 2. The number of nitrogens with zero attached hydrogens (tertiary/aromatic N) is 5. The second-order valence-electron chi connectivity index (χ2n) is 8.83. The summed E-state index contributed by atoms with van der Waals surface area (Å²) in [6, 6.07) is 5.36. The first-order chi connectivity index (χ1) is 18.5. The van der Waals surface area contributed by atoms with Gasteiger partial charge in [-0.15, -0.1) is 0 Å². The summed E-state index contributed by atoms with van der Waals surface area (Å²) in [5.74, 6) is -1.17. The number of primary sulfonamides is 1. The molecule has 39 heavy (non-hydrogen) atoms. The summed E-state index contributed by atoms with van der Waals surface area (Å²) in [5.41, 5.74) is 0.322. The number of carbonyl (C=O) groups excluding carboxylic acids is 1. The second-order valence-corrected chi connectivity index (χ2v) is 10.4. The highest BCUT2D eigenvalue weighted by molar-refractivity contribution is 7.89. The number of amides is 1. The van der Waals surface area contributed by atoms with Crippen molar-refractivity contribution in [3.8, 4) is 0 Å². The van der Waals surface area contributed by atoms with Gasteiger partial charge in [-0.2, -0.15) is 0 Å². The summed E-state index contributed by atoms with van der Waals surface area (Å²) in [5, 5.41) is 26.2. The number of nitrogens with two attached hydrogens (primary N) is 1. The standard InChI is InChI=1S/C24H31N7O7S/c25-39(37,38)19-6-4-18(5-7-19)24(36)28-8-2-1-3-11-29(14-20-26-9-12-30(20)16-22(32)33)15-21-27-10-13-31(21)17-23(34)35/h4-7,9-10,12-13H,1-3,8,11,14-17H2,(H,28,36)(H,32,33)(H,34,35)(H2,25,37,38). The molecule has 14 nitrogen and oxygen atoms in total. The van der Waals surface area contributed by atoms with Crippen LogP contribution in [0.5, 0.6) is 0 Å². The van der Waals surface area contributed by atoms with Crippen molar-refractivity contribution in [1.82, 2.24) is 29.3 Å². The van der Waals surface area contributed by atoms with Crippen molar-refractivity contribution in [2.45, 2.75) is 50.3 Å².